The normalized spacial score (nSPS) is 12.4. The van der Waals surface area contributed by atoms with Crippen LogP contribution in [0.1, 0.15) is 11.8 Å². The predicted octanol–water partition coefficient (Wildman–Crippen LogP) is 1.61. The van der Waals surface area contributed by atoms with Crippen molar-refractivity contribution in [3.05, 3.63) is 30.0 Å². The van der Waals surface area contributed by atoms with Gasteiger partial charge in [-0.2, -0.15) is 0 Å². The summed E-state index contributed by atoms with van der Waals surface area (Å²) in [6.07, 6.45) is 0. The molecule has 0 spiro atoms. The van der Waals surface area contributed by atoms with Crippen molar-refractivity contribution >= 4 is 16.9 Å². The van der Waals surface area contributed by atoms with E-state index in [9.17, 15) is 4.79 Å². The number of furan rings is 1. The molecule has 2 N–H and O–H groups in total. The van der Waals surface area contributed by atoms with E-state index in [-0.39, 0.29) is 0 Å². The Labute approximate surface area is 98.1 Å². The third-order valence-corrected chi connectivity index (χ3v) is 2.52. The quantitative estimate of drug-likeness (QED) is 0.818. The molecular weight excluding hydrogens is 222 g/mol. The van der Waals surface area contributed by atoms with Crippen LogP contribution in [0.3, 0.4) is 0 Å². The Hall–Kier alpha value is -2.01. The highest BCUT2D eigenvalue weighted by molar-refractivity contribution is 5.86. The smallest absolute Gasteiger partial charge is 0.330 e. The van der Waals surface area contributed by atoms with Crippen LogP contribution in [0.25, 0.3) is 11.0 Å². The Balaban J connectivity index is 2.47. The molecule has 0 radical (unpaired) electrons. The highest BCUT2D eigenvalue weighted by Gasteiger charge is 2.21. The zero-order chi connectivity index (χ0) is 12.4. The van der Waals surface area contributed by atoms with Crippen LogP contribution in [0.5, 0.6) is 5.75 Å². The van der Waals surface area contributed by atoms with Crippen LogP contribution < -0.4 is 10.5 Å². The maximum Gasteiger partial charge on any atom is 0.330 e. The highest BCUT2D eigenvalue weighted by Crippen LogP contribution is 2.30. The van der Waals surface area contributed by atoms with Crippen molar-refractivity contribution in [2.45, 2.75) is 6.04 Å². The molecular formula is C12H13NO4. The molecule has 90 valence electrons. The Morgan fingerprint density at radius 1 is 1.41 bits per heavy atom. The van der Waals surface area contributed by atoms with E-state index in [0.717, 1.165) is 5.39 Å². The first-order valence-electron chi connectivity index (χ1n) is 5.07. The van der Waals surface area contributed by atoms with Crippen molar-refractivity contribution < 1.29 is 18.7 Å². The second-order valence-corrected chi connectivity index (χ2v) is 3.52. The molecule has 0 saturated carbocycles. The van der Waals surface area contributed by atoms with Gasteiger partial charge in [0.2, 0.25) is 0 Å². The minimum atomic E-state index is -0.919. The van der Waals surface area contributed by atoms with Crippen LogP contribution in [0.2, 0.25) is 0 Å². The average molecular weight is 235 g/mol. The van der Waals surface area contributed by atoms with Gasteiger partial charge in [-0.3, -0.25) is 0 Å². The maximum atomic E-state index is 11.3. The largest absolute Gasteiger partial charge is 0.496 e. The lowest BCUT2D eigenvalue weighted by Crippen LogP contribution is -2.21. The van der Waals surface area contributed by atoms with E-state index in [1.165, 1.54) is 7.11 Å². The van der Waals surface area contributed by atoms with Crippen LogP contribution in [-0.2, 0) is 9.53 Å². The van der Waals surface area contributed by atoms with Gasteiger partial charge in [0.15, 0.2) is 6.04 Å². The summed E-state index contributed by atoms with van der Waals surface area (Å²) in [6, 6.07) is 6.17. The third kappa shape index (κ3) is 1.97. The first kappa shape index (κ1) is 11.5. The third-order valence-electron chi connectivity index (χ3n) is 2.52. The van der Waals surface area contributed by atoms with E-state index in [1.54, 1.807) is 25.3 Å². The molecule has 1 aromatic heterocycles. The van der Waals surface area contributed by atoms with Crippen molar-refractivity contribution in [2.24, 2.45) is 5.73 Å². The molecule has 1 atom stereocenters. The van der Waals surface area contributed by atoms with E-state index in [2.05, 4.69) is 4.74 Å². The molecule has 2 aromatic rings. The summed E-state index contributed by atoms with van der Waals surface area (Å²) in [6.45, 7) is 0. The molecule has 0 aliphatic heterocycles. The van der Waals surface area contributed by atoms with Crippen LogP contribution in [0, 0.1) is 0 Å². The van der Waals surface area contributed by atoms with Gasteiger partial charge in [0.1, 0.15) is 17.1 Å². The summed E-state index contributed by atoms with van der Waals surface area (Å²) >= 11 is 0. The zero-order valence-corrected chi connectivity index (χ0v) is 9.60. The zero-order valence-electron chi connectivity index (χ0n) is 9.60. The van der Waals surface area contributed by atoms with Gasteiger partial charge >= 0.3 is 5.97 Å². The van der Waals surface area contributed by atoms with Crippen molar-refractivity contribution in [3.8, 4) is 5.75 Å². The van der Waals surface area contributed by atoms with Gasteiger partial charge in [0.25, 0.3) is 0 Å². The number of esters is 1. The number of hydrogen-bond acceptors (Lipinski definition) is 5. The summed E-state index contributed by atoms with van der Waals surface area (Å²) in [5.41, 5.74) is 6.32. The minimum absolute atomic E-state index is 0.358. The van der Waals surface area contributed by atoms with Gasteiger partial charge in [-0.05, 0) is 18.2 Å². The second-order valence-electron chi connectivity index (χ2n) is 3.52. The van der Waals surface area contributed by atoms with Crippen molar-refractivity contribution in [2.75, 3.05) is 14.2 Å². The van der Waals surface area contributed by atoms with Crippen LogP contribution in [0.15, 0.2) is 28.7 Å². The average Bonchev–Trinajstić information content (AvgIpc) is 2.80. The molecule has 2 rings (SSSR count). The van der Waals surface area contributed by atoms with E-state index in [1.807, 2.05) is 6.07 Å². The van der Waals surface area contributed by atoms with Crippen molar-refractivity contribution in [3.63, 3.8) is 0 Å². The Morgan fingerprint density at radius 3 is 2.82 bits per heavy atom. The molecule has 0 fully saturated rings. The number of carbonyl (C=O) groups excluding carboxylic acids is 1. The van der Waals surface area contributed by atoms with Gasteiger partial charge < -0.3 is 19.6 Å². The van der Waals surface area contributed by atoms with Crippen LogP contribution in [-0.4, -0.2) is 20.2 Å². The summed E-state index contributed by atoms with van der Waals surface area (Å²) in [7, 11) is 2.85. The topological polar surface area (TPSA) is 74.7 Å². The minimum Gasteiger partial charge on any atom is -0.496 e. The van der Waals surface area contributed by atoms with Crippen LogP contribution >= 0.6 is 0 Å². The lowest BCUT2D eigenvalue weighted by atomic mass is 10.2. The molecule has 17 heavy (non-hydrogen) atoms. The molecule has 0 aliphatic rings. The molecule has 5 heteroatoms. The fraction of sp³-hybridized carbons (Fsp3) is 0.250. The Kier molecular flexibility index (Phi) is 3.01. The van der Waals surface area contributed by atoms with E-state index in [0.29, 0.717) is 17.1 Å². The standard InChI is InChI=1S/C12H13NO4/c1-15-8-4-3-5-9-7(8)6-10(17-9)11(13)12(14)16-2/h3-6,11H,13H2,1-2H3. The molecule has 0 aliphatic carbocycles. The fourth-order valence-electron chi connectivity index (χ4n) is 1.63. The predicted molar refractivity (Wildman–Crippen MR) is 61.7 cm³/mol. The SMILES string of the molecule is COC(=O)C(N)c1cc2c(OC)cccc2o1. The van der Waals surface area contributed by atoms with Gasteiger partial charge in [0.05, 0.1) is 19.6 Å². The summed E-state index contributed by atoms with van der Waals surface area (Å²) in [4.78, 5) is 11.3. The number of ether oxygens (including phenoxy) is 2. The van der Waals surface area contributed by atoms with Crippen molar-refractivity contribution in [1.29, 1.82) is 0 Å². The highest BCUT2D eigenvalue weighted by atomic mass is 16.5. The summed E-state index contributed by atoms with van der Waals surface area (Å²) in [5, 5.41) is 0.782. The van der Waals surface area contributed by atoms with Gasteiger partial charge in [-0.25, -0.2) is 4.79 Å². The molecule has 5 nitrogen and oxygen atoms in total. The lowest BCUT2D eigenvalue weighted by Gasteiger charge is -2.04. The monoisotopic (exact) mass is 235 g/mol. The van der Waals surface area contributed by atoms with Crippen LogP contribution in [0.4, 0.5) is 0 Å². The van der Waals surface area contributed by atoms with E-state index < -0.39 is 12.0 Å². The first-order chi connectivity index (χ1) is 8.17. The van der Waals surface area contributed by atoms with E-state index >= 15 is 0 Å². The maximum absolute atomic E-state index is 11.3. The second kappa shape index (κ2) is 4.47. The molecule has 1 aromatic carbocycles. The summed E-state index contributed by atoms with van der Waals surface area (Å²) < 4.78 is 15.2. The summed E-state index contributed by atoms with van der Waals surface area (Å²) in [5.74, 6) is 0.494. The Bertz CT molecular complexity index is 546. The molecule has 0 saturated heterocycles. The Morgan fingerprint density at radius 2 is 2.18 bits per heavy atom. The lowest BCUT2D eigenvalue weighted by molar-refractivity contribution is -0.142. The number of fused-ring (bicyclic) bond motifs is 1. The van der Waals surface area contributed by atoms with Crippen molar-refractivity contribution in [1.82, 2.24) is 0 Å². The number of methoxy groups -OCH3 is 2. The van der Waals surface area contributed by atoms with Gasteiger partial charge in [-0.15, -0.1) is 0 Å². The molecule has 1 heterocycles. The molecule has 1 unspecified atom stereocenters. The number of benzene rings is 1. The fourth-order valence-corrected chi connectivity index (χ4v) is 1.63. The number of nitrogens with two attached hydrogens (primary N) is 1. The number of hydrogen-bond donors (Lipinski definition) is 1. The number of carbonyl (C=O) groups is 1. The molecule has 0 bridgehead atoms. The first-order valence-corrected chi connectivity index (χ1v) is 5.07. The number of rotatable bonds is 3. The van der Waals surface area contributed by atoms with Gasteiger partial charge in [-0.1, -0.05) is 6.07 Å². The molecule has 0 amide bonds. The van der Waals surface area contributed by atoms with Gasteiger partial charge in [0, 0.05) is 0 Å². The van der Waals surface area contributed by atoms with E-state index in [4.69, 9.17) is 14.9 Å².